The Labute approximate surface area is 90.8 Å². The number of aryl methyl sites for hydroxylation is 1. The van der Waals surface area contributed by atoms with E-state index in [4.69, 9.17) is 11.6 Å². The summed E-state index contributed by atoms with van der Waals surface area (Å²) in [5, 5.41) is 3.46. The van der Waals surface area contributed by atoms with Crippen molar-refractivity contribution in [2.24, 2.45) is 0 Å². The Hall–Kier alpha value is -0.950. The molecule has 14 heavy (non-hydrogen) atoms. The Balaban J connectivity index is 2.95. The number of rotatable bonds is 3. The molecule has 0 saturated carbocycles. The first-order valence-electron chi connectivity index (χ1n) is 4.72. The van der Waals surface area contributed by atoms with Gasteiger partial charge in [-0.1, -0.05) is 44.2 Å². The fourth-order valence-electron chi connectivity index (χ4n) is 1.33. The zero-order valence-electron chi connectivity index (χ0n) is 8.89. The van der Waals surface area contributed by atoms with Crippen LogP contribution < -0.4 is 5.32 Å². The lowest BCUT2D eigenvalue weighted by atomic mass is 10.0. The molecule has 0 unspecified atom stereocenters. The van der Waals surface area contributed by atoms with Gasteiger partial charge in [0.05, 0.1) is 5.16 Å². The predicted molar refractivity (Wildman–Crippen MR) is 63.9 cm³/mol. The molecular weight excluding hydrogens is 194 g/mol. The summed E-state index contributed by atoms with van der Waals surface area (Å²) in [5.74, 6) is 0.557. The molecule has 0 aliphatic rings. The summed E-state index contributed by atoms with van der Waals surface area (Å²) in [5.41, 5.74) is 3.56. The van der Waals surface area contributed by atoms with Gasteiger partial charge in [0.2, 0.25) is 0 Å². The van der Waals surface area contributed by atoms with Crippen LogP contribution in [-0.2, 0) is 0 Å². The first-order chi connectivity index (χ1) is 6.50. The molecule has 1 aromatic carbocycles. The molecule has 1 rings (SSSR count). The molecule has 1 N–H and O–H groups in total. The Morgan fingerprint density at radius 3 is 2.50 bits per heavy atom. The van der Waals surface area contributed by atoms with Gasteiger partial charge >= 0.3 is 0 Å². The van der Waals surface area contributed by atoms with E-state index in [1.807, 2.05) is 6.07 Å². The van der Waals surface area contributed by atoms with E-state index < -0.39 is 0 Å². The maximum absolute atomic E-state index is 5.68. The Bertz CT molecular complexity index is 342. The third-order valence-electron chi connectivity index (χ3n) is 2.19. The zero-order chi connectivity index (χ0) is 10.7. The highest BCUT2D eigenvalue weighted by atomic mass is 35.5. The quantitative estimate of drug-likeness (QED) is 0.735. The van der Waals surface area contributed by atoms with Crippen LogP contribution in [-0.4, -0.2) is 0 Å². The molecule has 0 aliphatic carbocycles. The molecular formula is C12H16ClN. The van der Waals surface area contributed by atoms with Crippen LogP contribution in [0.1, 0.15) is 30.9 Å². The summed E-state index contributed by atoms with van der Waals surface area (Å²) in [4.78, 5) is 0. The first kappa shape index (κ1) is 11.1. The molecule has 0 aromatic heterocycles. The van der Waals surface area contributed by atoms with Gasteiger partial charge in [0.15, 0.2) is 0 Å². The molecule has 1 aromatic rings. The van der Waals surface area contributed by atoms with E-state index in [0.717, 1.165) is 5.69 Å². The number of hydrogen-bond acceptors (Lipinski definition) is 1. The molecule has 0 fully saturated rings. The molecule has 0 amide bonds. The van der Waals surface area contributed by atoms with Gasteiger partial charge in [0.1, 0.15) is 0 Å². The van der Waals surface area contributed by atoms with Crippen LogP contribution in [0, 0.1) is 6.92 Å². The number of nitrogens with one attached hydrogen (secondary N) is 1. The third kappa shape index (κ3) is 2.78. The summed E-state index contributed by atoms with van der Waals surface area (Å²) in [6.07, 6.45) is 0. The van der Waals surface area contributed by atoms with E-state index in [9.17, 15) is 0 Å². The van der Waals surface area contributed by atoms with Crippen molar-refractivity contribution in [2.45, 2.75) is 26.7 Å². The fourth-order valence-corrected chi connectivity index (χ4v) is 1.43. The average Bonchev–Trinajstić information content (AvgIpc) is 2.07. The minimum atomic E-state index is 0.449. The summed E-state index contributed by atoms with van der Waals surface area (Å²) in [6.45, 7) is 10.0. The highest BCUT2D eigenvalue weighted by Gasteiger charge is 2.02. The maximum Gasteiger partial charge on any atom is 0.0989 e. The molecule has 0 aliphatic heterocycles. The lowest BCUT2D eigenvalue weighted by Gasteiger charge is -2.11. The van der Waals surface area contributed by atoms with Crippen LogP contribution in [0.5, 0.6) is 0 Å². The van der Waals surface area contributed by atoms with E-state index in [1.54, 1.807) is 0 Å². The van der Waals surface area contributed by atoms with Crippen molar-refractivity contribution < 1.29 is 0 Å². The second-order valence-corrected chi connectivity index (χ2v) is 4.22. The lowest BCUT2D eigenvalue weighted by molar-refractivity contribution is 0.865. The van der Waals surface area contributed by atoms with Crippen LogP contribution in [0.2, 0.25) is 0 Å². The summed E-state index contributed by atoms with van der Waals surface area (Å²) in [6, 6.07) is 6.32. The fraction of sp³-hybridized carbons (Fsp3) is 0.333. The topological polar surface area (TPSA) is 12.0 Å². The normalized spacial score (nSPS) is 10.4. The van der Waals surface area contributed by atoms with E-state index in [2.05, 4.69) is 44.8 Å². The van der Waals surface area contributed by atoms with E-state index >= 15 is 0 Å². The van der Waals surface area contributed by atoms with Gasteiger partial charge in [-0.3, -0.25) is 0 Å². The van der Waals surface area contributed by atoms with Crippen LogP contribution >= 0.6 is 11.6 Å². The van der Waals surface area contributed by atoms with Gasteiger partial charge in [-0.05, 0) is 30.0 Å². The van der Waals surface area contributed by atoms with Crippen molar-refractivity contribution in [3.63, 3.8) is 0 Å². The molecule has 0 radical (unpaired) electrons. The molecule has 0 heterocycles. The van der Waals surface area contributed by atoms with Gasteiger partial charge in [0, 0.05) is 5.69 Å². The third-order valence-corrected chi connectivity index (χ3v) is 2.28. The van der Waals surface area contributed by atoms with Crippen LogP contribution in [0.25, 0.3) is 0 Å². The molecule has 0 atom stereocenters. The van der Waals surface area contributed by atoms with Gasteiger partial charge in [-0.25, -0.2) is 0 Å². The molecule has 1 nitrogen and oxygen atoms in total. The summed E-state index contributed by atoms with van der Waals surface area (Å²) in [7, 11) is 0. The van der Waals surface area contributed by atoms with Gasteiger partial charge < -0.3 is 5.32 Å². The standard InChI is InChI=1S/C12H16ClN/c1-8(2)11-5-6-12(9(3)7-11)14-10(4)13/h5-8,14H,4H2,1-3H3. The lowest BCUT2D eigenvalue weighted by Crippen LogP contribution is -1.96. The Morgan fingerprint density at radius 2 is 2.07 bits per heavy atom. The van der Waals surface area contributed by atoms with E-state index in [-0.39, 0.29) is 0 Å². The van der Waals surface area contributed by atoms with Crippen LogP contribution in [0.3, 0.4) is 0 Å². The summed E-state index contributed by atoms with van der Waals surface area (Å²) >= 11 is 5.68. The van der Waals surface area contributed by atoms with Crippen molar-refractivity contribution >= 4 is 17.3 Å². The highest BCUT2D eigenvalue weighted by molar-refractivity contribution is 6.30. The number of halogens is 1. The smallest absolute Gasteiger partial charge is 0.0989 e. The van der Waals surface area contributed by atoms with Crippen molar-refractivity contribution in [1.82, 2.24) is 0 Å². The van der Waals surface area contributed by atoms with Crippen molar-refractivity contribution in [1.29, 1.82) is 0 Å². The maximum atomic E-state index is 5.68. The van der Waals surface area contributed by atoms with Crippen molar-refractivity contribution in [3.05, 3.63) is 41.1 Å². The van der Waals surface area contributed by atoms with Gasteiger partial charge in [-0.2, -0.15) is 0 Å². The SMILES string of the molecule is C=C(Cl)Nc1ccc(C(C)C)cc1C. The number of benzene rings is 1. The molecule has 0 spiro atoms. The average molecular weight is 210 g/mol. The molecule has 2 heteroatoms. The Kier molecular flexibility index (Phi) is 3.59. The number of hydrogen-bond donors (Lipinski definition) is 1. The van der Waals surface area contributed by atoms with Crippen LogP contribution in [0.15, 0.2) is 29.9 Å². The molecule has 76 valence electrons. The van der Waals surface area contributed by atoms with Gasteiger partial charge in [-0.15, -0.1) is 0 Å². The van der Waals surface area contributed by atoms with E-state index in [0.29, 0.717) is 11.1 Å². The first-order valence-corrected chi connectivity index (χ1v) is 5.10. The van der Waals surface area contributed by atoms with Gasteiger partial charge in [0.25, 0.3) is 0 Å². The second-order valence-electron chi connectivity index (χ2n) is 3.76. The second kappa shape index (κ2) is 4.52. The predicted octanol–water partition coefficient (Wildman–Crippen LogP) is 4.24. The number of anilines is 1. The zero-order valence-corrected chi connectivity index (χ0v) is 9.65. The molecule has 0 saturated heterocycles. The minimum absolute atomic E-state index is 0.449. The van der Waals surface area contributed by atoms with E-state index in [1.165, 1.54) is 11.1 Å². The summed E-state index contributed by atoms with van der Waals surface area (Å²) < 4.78 is 0. The highest BCUT2D eigenvalue weighted by Crippen LogP contribution is 2.22. The van der Waals surface area contributed by atoms with Crippen LogP contribution in [0.4, 0.5) is 5.69 Å². The largest absolute Gasteiger partial charge is 0.346 e. The Morgan fingerprint density at radius 1 is 1.43 bits per heavy atom. The monoisotopic (exact) mass is 209 g/mol. The minimum Gasteiger partial charge on any atom is -0.346 e. The van der Waals surface area contributed by atoms with Crippen molar-refractivity contribution in [3.8, 4) is 0 Å². The van der Waals surface area contributed by atoms with Crippen molar-refractivity contribution in [2.75, 3.05) is 5.32 Å². The molecule has 0 bridgehead atoms.